The lowest BCUT2D eigenvalue weighted by molar-refractivity contribution is 0.111. The highest BCUT2D eigenvalue weighted by molar-refractivity contribution is 7.15. The maximum Gasteiger partial charge on any atom is 0.196 e. The highest BCUT2D eigenvalue weighted by Gasteiger charge is 2.16. The first-order valence-corrected chi connectivity index (χ1v) is 6.68. The molecule has 19 heavy (non-hydrogen) atoms. The van der Waals surface area contributed by atoms with E-state index in [4.69, 9.17) is 0 Å². The molecule has 0 bridgehead atoms. The van der Waals surface area contributed by atoms with E-state index in [0.29, 0.717) is 18.1 Å². The van der Waals surface area contributed by atoms with Crippen LogP contribution in [0.1, 0.15) is 16.1 Å². The maximum absolute atomic E-state index is 11.3. The van der Waals surface area contributed by atoms with E-state index in [9.17, 15) is 4.79 Å². The van der Waals surface area contributed by atoms with E-state index in [1.807, 2.05) is 46.3 Å². The third-order valence-electron chi connectivity index (χ3n) is 2.90. The summed E-state index contributed by atoms with van der Waals surface area (Å²) >= 11 is 1.52. The highest BCUT2D eigenvalue weighted by atomic mass is 32.1. The molecule has 0 aromatic carbocycles. The molecule has 0 radical (unpaired) electrons. The standard InChI is InChI=1S/C13H12N4OS/c1-16(8-10-3-2-4-14-7-10)12-11(9-18)17-5-6-19-13(17)15-12/h2-7,9H,8H2,1H3. The number of nitrogens with zero attached hydrogens (tertiary/aromatic N) is 4. The first-order chi connectivity index (χ1) is 9.29. The van der Waals surface area contributed by atoms with Crippen molar-refractivity contribution in [3.63, 3.8) is 0 Å². The van der Waals surface area contributed by atoms with Crippen molar-refractivity contribution in [2.75, 3.05) is 11.9 Å². The number of fused-ring (bicyclic) bond motifs is 1. The number of thiazole rings is 1. The second-order valence-corrected chi connectivity index (χ2v) is 5.08. The molecule has 3 aromatic heterocycles. The summed E-state index contributed by atoms with van der Waals surface area (Å²) in [6.45, 7) is 0.666. The van der Waals surface area contributed by atoms with E-state index in [-0.39, 0.29) is 0 Å². The van der Waals surface area contributed by atoms with Crippen LogP contribution in [0.3, 0.4) is 0 Å². The number of carbonyl (C=O) groups excluding carboxylic acids is 1. The maximum atomic E-state index is 11.3. The van der Waals surface area contributed by atoms with E-state index in [1.165, 1.54) is 11.3 Å². The Labute approximate surface area is 114 Å². The number of imidazole rings is 1. The minimum atomic E-state index is 0.586. The summed E-state index contributed by atoms with van der Waals surface area (Å²) in [5.74, 6) is 0.700. The zero-order valence-corrected chi connectivity index (χ0v) is 11.2. The molecule has 0 aliphatic rings. The van der Waals surface area contributed by atoms with Crippen molar-refractivity contribution in [2.45, 2.75) is 6.54 Å². The average molecular weight is 272 g/mol. The summed E-state index contributed by atoms with van der Waals surface area (Å²) in [6.07, 6.45) is 6.27. The lowest BCUT2D eigenvalue weighted by Gasteiger charge is -2.16. The summed E-state index contributed by atoms with van der Waals surface area (Å²) in [7, 11) is 1.92. The molecule has 0 amide bonds. The Morgan fingerprint density at radius 3 is 3.16 bits per heavy atom. The lowest BCUT2D eigenvalue weighted by Crippen LogP contribution is -2.18. The van der Waals surface area contributed by atoms with Crippen LogP contribution < -0.4 is 4.90 Å². The molecule has 96 valence electrons. The summed E-state index contributed by atoms with van der Waals surface area (Å²) in [5, 5.41) is 1.92. The van der Waals surface area contributed by atoms with Gasteiger partial charge in [0.15, 0.2) is 17.1 Å². The number of pyridine rings is 1. The lowest BCUT2D eigenvalue weighted by atomic mass is 10.2. The van der Waals surface area contributed by atoms with Crippen LogP contribution in [0.4, 0.5) is 5.82 Å². The summed E-state index contributed by atoms with van der Waals surface area (Å²) in [4.78, 5) is 22.6. The van der Waals surface area contributed by atoms with Crippen LogP contribution in [0, 0.1) is 0 Å². The van der Waals surface area contributed by atoms with Gasteiger partial charge in [-0.15, -0.1) is 11.3 Å². The van der Waals surface area contributed by atoms with Crippen LogP contribution >= 0.6 is 11.3 Å². The van der Waals surface area contributed by atoms with Gasteiger partial charge in [-0.1, -0.05) is 6.07 Å². The van der Waals surface area contributed by atoms with E-state index in [0.717, 1.165) is 16.8 Å². The number of carbonyl (C=O) groups is 1. The molecular weight excluding hydrogens is 260 g/mol. The SMILES string of the molecule is CN(Cc1cccnc1)c1nc2sccn2c1C=O. The summed E-state index contributed by atoms with van der Waals surface area (Å²) < 4.78 is 1.81. The van der Waals surface area contributed by atoms with Gasteiger partial charge in [0.2, 0.25) is 0 Å². The normalized spacial score (nSPS) is 10.8. The number of aromatic nitrogens is 3. The molecule has 0 N–H and O–H groups in total. The fourth-order valence-electron chi connectivity index (χ4n) is 2.02. The predicted octanol–water partition coefficient (Wildman–Crippen LogP) is 2.24. The van der Waals surface area contributed by atoms with Crippen molar-refractivity contribution in [1.82, 2.24) is 14.4 Å². The number of aldehydes is 1. The molecule has 3 heterocycles. The van der Waals surface area contributed by atoms with E-state index >= 15 is 0 Å². The highest BCUT2D eigenvalue weighted by Crippen LogP contribution is 2.23. The first kappa shape index (κ1) is 11.9. The van der Waals surface area contributed by atoms with Crippen LogP contribution in [0.5, 0.6) is 0 Å². The predicted molar refractivity (Wildman–Crippen MR) is 74.8 cm³/mol. The van der Waals surface area contributed by atoms with Gasteiger partial charge in [-0.3, -0.25) is 14.2 Å². The van der Waals surface area contributed by atoms with Gasteiger partial charge in [0.25, 0.3) is 0 Å². The second-order valence-electron chi connectivity index (χ2n) is 4.21. The molecule has 0 fully saturated rings. The Morgan fingerprint density at radius 2 is 2.42 bits per heavy atom. The third-order valence-corrected chi connectivity index (χ3v) is 3.65. The van der Waals surface area contributed by atoms with E-state index in [2.05, 4.69) is 9.97 Å². The second kappa shape index (κ2) is 4.81. The van der Waals surface area contributed by atoms with Crippen molar-refractivity contribution in [1.29, 1.82) is 0 Å². The smallest absolute Gasteiger partial charge is 0.196 e. The summed E-state index contributed by atoms with van der Waals surface area (Å²) in [6, 6.07) is 3.90. The van der Waals surface area contributed by atoms with Crippen molar-refractivity contribution >= 4 is 28.4 Å². The van der Waals surface area contributed by atoms with Gasteiger partial charge in [-0.05, 0) is 11.6 Å². The van der Waals surface area contributed by atoms with Crippen molar-refractivity contribution < 1.29 is 4.79 Å². The first-order valence-electron chi connectivity index (χ1n) is 5.80. The van der Waals surface area contributed by atoms with Crippen LogP contribution in [-0.4, -0.2) is 27.7 Å². The minimum absolute atomic E-state index is 0.586. The quantitative estimate of drug-likeness (QED) is 0.683. The van der Waals surface area contributed by atoms with Crippen LogP contribution in [0.15, 0.2) is 36.1 Å². The van der Waals surface area contributed by atoms with E-state index < -0.39 is 0 Å². The van der Waals surface area contributed by atoms with Crippen LogP contribution in [0.25, 0.3) is 4.96 Å². The van der Waals surface area contributed by atoms with Crippen molar-refractivity contribution in [3.05, 3.63) is 47.4 Å². The van der Waals surface area contributed by atoms with Gasteiger partial charge in [0, 0.05) is 37.6 Å². The number of hydrogen-bond donors (Lipinski definition) is 0. The van der Waals surface area contributed by atoms with Crippen molar-refractivity contribution in [3.8, 4) is 0 Å². The molecule has 0 aliphatic heterocycles. The molecule has 6 heteroatoms. The average Bonchev–Trinajstić information content (AvgIpc) is 2.99. The molecule has 3 rings (SSSR count). The Kier molecular flexibility index (Phi) is 3.00. The number of hydrogen-bond acceptors (Lipinski definition) is 5. The Bertz CT molecular complexity index is 704. The monoisotopic (exact) mass is 272 g/mol. The number of rotatable bonds is 4. The Balaban J connectivity index is 1.95. The van der Waals surface area contributed by atoms with Gasteiger partial charge in [-0.25, -0.2) is 4.98 Å². The molecule has 0 saturated heterocycles. The largest absolute Gasteiger partial charge is 0.353 e. The van der Waals surface area contributed by atoms with E-state index in [1.54, 1.807) is 6.20 Å². The Morgan fingerprint density at radius 1 is 1.53 bits per heavy atom. The van der Waals surface area contributed by atoms with Gasteiger partial charge in [-0.2, -0.15) is 0 Å². The van der Waals surface area contributed by atoms with Gasteiger partial charge in [0.1, 0.15) is 5.69 Å². The molecule has 0 atom stereocenters. The molecule has 0 aliphatic carbocycles. The molecule has 0 saturated carbocycles. The molecule has 0 unspecified atom stereocenters. The van der Waals surface area contributed by atoms with Gasteiger partial charge < -0.3 is 4.90 Å². The van der Waals surface area contributed by atoms with Crippen LogP contribution in [-0.2, 0) is 6.54 Å². The van der Waals surface area contributed by atoms with Gasteiger partial charge in [0.05, 0.1) is 0 Å². The van der Waals surface area contributed by atoms with Crippen LogP contribution in [0.2, 0.25) is 0 Å². The van der Waals surface area contributed by atoms with Crippen molar-refractivity contribution in [2.24, 2.45) is 0 Å². The molecule has 0 spiro atoms. The topological polar surface area (TPSA) is 50.5 Å². The zero-order valence-electron chi connectivity index (χ0n) is 10.4. The number of anilines is 1. The summed E-state index contributed by atoms with van der Waals surface area (Å²) in [5.41, 5.74) is 1.67. The Hall–Kier alpha value is -2.21. The molecule has 3 aromatic rings. The zero-order chi connectivity index (χ0) is 13.2. The fraction of sp³-hybridized carbons (Fsp3) is 0.154. The fourth-order valence-corrected chi connectivity index (χ4v) is 2.74. The molecular formula is C13H12N4OS. The third kappa shape index (κ3) is 2.10. The minimum Gasteiger partial charge on any atom is -0.353 e. The van der Waals surface area contributed by atoms with Gasteiger partial charge >= 0.3 is 0 Å². The molecule has 5 nitrogen and oxygen atoms in total.